The number of morpholine rings is 1. The summed E-state index contributed by atoms with van der Waals surface area (Å²) >= 11 is 5.75. The van der Waals surface area contributed by atoms with E-state index in [1.807, 2.05) is 36.4 Å². The molecule has 9 nitrogen and oxygen atoms in total. The van der Waals surface area contributed by atoms with E-state index >= 15 is 0 Å². The lowest BCUT2D eigenvalue weighted by Crippen LogP contribution is -2.38. The molecule has 2 aliphatic rings. The van der Waals surface area contributed by atoms with Crippen molar-refractivity contribution < 1.29 is 14.1 Å². The molecule has 1 N–H and O–H groups in total. The lowest BCUT2D eigenvalue weighted by Gasteiger charge is -2.29. The summed E-state index contributed by atoms with van der Waals surface area (Å²) in [5.74, 6) is 1.32. The molecule has 5 rings (SSSR count). The number of furan rings is 1. The fourth-order valence-corrected chi connectivity index (χ4v) is 5.02. The van der Waals surface area contributed by atoms with Crippen LogP contribution < -0.4 is 5.32 Å². The minimum atomic E-state index is -0.403. The number of benzene rings is 1. The zero-order chi connectivity index (χ0) is 24.2. The highest BCUT2D eigenvalue weighted by atomic mass is 32.1. The number of rotatable bonds is 8. The van der Waals surface area contributed by atoms with Crippen molar-refractivity contribution in [2.75, 3.05) is 39.4 Å². The number of nitro groups is 1. The summed E-state index contributed by atoms with van der Waals surface area (Å²) in [4.78, 5) is 20.0. The van der Waals surface area contributed by atoms with Gasteiger partial charge in [0.05, 0.1) is 29.9 Å². The molecule has 2 atom stereocenters. The average molecular weight is 494 g/mol. The largest absolute Gasteiger partial charge is 0.459 e. The topological polar surface area (TPSA) is 96.9 Å². The smallest absolute Gasteiger partial charge is 0.270 e. The number of ether oxygens (including phenoxy) is 1. The normalized spacial score (nSPS) is 20.7. The van der Waals surface area contributed by atoms with Gasteiger partial charge in [-0.2, -0.15) is 0 Å². The molecule has 2 unspecified atom stereocenters. The summed E-state index contributed by atoms with van der Waals surface area (Å²) in [6, 6.07) is 15.7. The van der Waals surface area contributed by atoms with Gasteiger partial charge in [0.2, 0.25) is 0 Å². The van der Waals surface area contributed by atoms with Crippen molar-refractivity contribution in [1.82, 2.24) is 20.1 Å². The molecule has 10 heteroatoms. The van der Waals surface area contributed by atoms with E-state index in [0.29, 0.717) is 16.4 Å². The molecular formula is C25H27N5O4S. The Labute approximate surface area is 208 Å². The Hall–Kier alpha value is -3.34. The molecule has 0 amide bonds. The van der Waals surface area contributed by atoms with Crippen LogP contribution in [-0.2, 0) is 4.74 Å². The van der Waals surface area contributed by atoms with Gasteiger partial charge in [-0.15, -0.1) is 0 Å². The van der Waals surface area contributed by atoms with Crippen LogP contribution >= 0.6 is 12.2 Å². The zero-order valence-corrected chi connectivity index (χ0v) is 20.0. The second-order valence-electron chi connectivity index (χ2n) is 8.64. The summed E-state index contributed by atoms with van der Waals surface area (Å²) in [6.45, 7) is 5.20. The van der Waals surface area contributed by atoms with Crippen molar-refractivity contribution in [3.05, 3.63) is 82.4 Å². The summed E-state index contributed by atoms with van der Waals surface area (Å²) in [5, 5.41) is 15.3. The number of pyridine rings is 1. The summed E-state index contributed by atoms with van der Waals surface area (Å²) in [5.41, 5.74) is 1.57. The number of hydrogen-bond acceptors (Lipinski definition) is 7. The molecule has 1 aromatic carbocycles. The summed E-state index contributed by atoms with van der Waals surface area (Å²) in [7, 11) is 0. The Morgan fingerprint density at radius 2 is 1.97 bits per heavy atom. The van der Waals surface area contributed by atoms with Gasteiger partial charge in [-0.05, 0) is 42.9 Å². The summed E-state index contributed by atoms with van der Waals surface area (Å²) in [6.07, 6.45) is 2.72. The van der Waals surface area contributed by atoms with Crippen molar-refractivity contribution in [3.8, 4) is 11.3 Å². The molecule has 0 aliphatic carbocycles. The van der Waals surface area contributed by atoms with Crippen LogP contribution in [0.4, 0.5) is 5.69 Å². The van der Waals surface area contributed by atoms with Crippen molar-refractivity contribution in [2.24, 2.45) is 0 Å². The minimum Gasteiger partial charge on any atom is -0.459 e. The Bertz CT molecular complexity index is 1180. The zero-order valence-electron chi connectivity index (χ0n) is 19.2. The highest BCUT2D eigenvalue weighted by Gasteiger charge is 2.41. The lowest BCUT2D eigenvalue weighted by molar-refractivity contribution is -0.384. The number of aromatic nitrogens is 1. The number of nitro benzene ring substituents is 1. The van der Waals surface area contributed by atoms with Gasteiger partial charge in [-0.3, -0.25) is 20.0 Å². The first-order valence-corrected chi connectivity index (χ1v) is 12.1. The predicted molar refractivity (Wildman–Crippen MR) is 135 cm³/mol. The molecule has 4 heterocycles. The maximum atomic E-state index is 11.2. The molecule has 2 aliphatic heterocycles. The van der Waals surface area contributed by atoms with Gasteiger partial charge in [0, 0.05) is 50.1 Å². The molecule has 2 fully saturated rings. The highest BCUT2D eigenvalue weighted by Crippen LogP contribution is 2.40. The molecule has 2 saturated heterocycles. The Balaban J connectivity index is 1.40. The van der Waals surface area contributed by atoms with E-state index in [1.165, 1.54) is 12.1 Å². The van der Waals surface area contributed by atoms with Crippen LogP contribution in [0.1, 0.15) is 30.0 Å². The van der Waals surface area contributed by atoms with E-state index < -0.39 is 4.92 Å². The van der Waals surface area contributed by atoms with E-state index in [1.54, 1.807) is 12.3 Å². The van der Waals surface area contributed by atoms with Gasteiger partial charge in [0.25, 0.3) is 5.69 Å². The van der Waals surface area contributed by atoms with Gasteiger partial charge < -0.3 is 19.4 Å². The number of nitrogens with zero attached hydrogens (tertiary/aromatic N) is 4. The van der Waals surface area contributed by atoms with Crippen molar-refractivity contribution in [2.45, 2.75) is 18.5 Å². The first kappa shape index (κ1) is 23.4. The van der Waals surface area contributed by atoms with Gasteiger partial charge in [0.1, 0.15) is 17.6 Å². The fraction of sp³-hybridized carbons (Fsp3) is 0.360. The number of hydrogen-bond donors (Lipinski definition) is 1. The molecule has 0 radical (unpaired) electrons. The Morgan fingerprint density at radius 3 is 2.74 bits per heavy atom. The van der Waals surface area contributed by atoms with E-state index in [4.69, 9.17) is 21.4 Å². The third kappa shape index (κ3) is 5.19. The van der Waals surface area contributed by atoms with Gasteiger partial charge in [-0.25, -0.2) is 0 Å². The molecule has 35 heavy (non-hydrogen) atoms. The molecule has 0 spiro atoms. The lowest BCUT2D eigenvalue weighted by atomic mass is 10.0. The van der Waals surface area contributed by atoms with Gasteiger partial charge in [-0.1, -0.05) is 18.2 Å². The second-order valence-corrected chi connectivity index (χ2v) is 9.02. The van der Waals surface area contributed by atoms with Gasteiger partial charge >= 0.3 is 0 Å². The van der Waals surface area contributed by atoms with Crippen molar-refractivity contribution in [1.29, 1.82) is 0 Å². The molecular weight excluding hydrogens is 466 g/mol. The van der Waals surface area contributed by atoms with Crippen LogP contribution in [0.15, 0.2) is 65.2 Å². The monoisotopic (exact) mass is 493 g/mol. The first-order valence-electron chi connectivity index (χ1n) is 11.7. The van der Waals surface area contributed by atoms with Crippen LogP contribution in [0.5, 0.6) is 0 Å². The first-order chi connectivity index (χ1) is 17.1. The van der Waals surface area contributed by atoms with E-state index in [2.05, 4.69) is 20.1 Å². The predicted octanol–water partition coefficient (Wildman–Crippen LogP) is 3.94. The van der Waals surface area contributed by atoms with Crippen LogP contribution in [0.25, 0.3) is 11.3 Å². The fourth-order valence-electron chi connectivity index (χ4n) is 4.68. The van der Waals surface area contributed by atoms with Crippen LogP contribution in [0, 0.1) is 10.1 Å². The van der Waals surface area contributed by atoms with Crippen LogP contribution in [-0.4, -0.2) is 64.2 Å². The van der Waals surface area contributed by atoms with E-state index in [9.17, 15) is 10.1 Å². The van der Waals surface area contributed by atoms with Crippen molar-refractivity contribution >= 4 is 23.0 Å². The standard InChI is InChI=1S/C25H27N5O4S/c31-30(32)19-6-3-5-18(17-19)21-8-9-22(34-21)24-23(20-7-1-2-10-26-20)27-25(35)29(24)12-4-11-28-13-15-33-16-14-28/h1-3,5-10,17,23-24H,4,11-16H2,(H,27,35). The maximum Gasteiger partial charge on any atom is 0.270 e. The number of nitrogens with one attached hydrogen (secondary N) is 1. The number of non-ortho nitro benzene ring substituents is 1. The molecule has 182 valence electrons. The van der Waals surface area contributed by atoms with Crippen LogP contribution in [0.3, 0.4) is 0 Å². The van der Waals surface area contributed by atoms with E-state index in [0.717, 1.165) is 57.3 Å². The highest BCUT2D eigenvalue weighted by molar-refractivity contribution is 7.80. The molecule has 0 saturated carbocycles. The van der Waals surface area contributed by atoms with Crippen LogP contribution in [0.2, 0.25) is 0 Å². The third-order valence-electron chi connectivity index (χ3n) is 6.43. The van der Waals surface area contributed by atoms with Crippen molar-refractivity contribution in [3.63, 3.8) is 0 Å². The van der Waals surface area contributed by atoms with Gasteiger partial charge in [0.15, 0.2) is 5.11 Å². The second kappa shape index (κ2) is 10.5. The SMILES string of the molecule is O=[N+]([O-])c1cccc(-c2ccc(C3C(c4ccccn4)NC(=S)N3CCCN3CCOCC3)o2)c1. The molecule has 0 bridgehead atoms. The summed E-state index contributed by atoms with van der Waals surface area (Å²) < 4.78 is 11.8. The Morgan fingerprint density at radius 1 is 1.11 bits per heavy atom. The van der Waals surface area contributed by atoms with E-state index in [-0.39, 0.29) is 17.8 Å². The average Bonchev–Trinajstić information content (AvgIpc) is 3.50. The quantitative estimate of drug-likeness (QED) is 0.284. The maximum absolute atomic E-state index is 11.2. The number of thiocarbonyl (C=S) groups is 1. The third-order valence-corrected chi connectivity index (χ3v) is 6.79. The Kier molecular flexibility index (Phi) is 7.03. The minimum absolute atomic E-state index is 0.0280. The molecule has 3 aromatic rings. The molecule has 2 aromatic heterocycles.